The topological polar surface area (TPSA) is 97.2 Å². The molecule has 0 saturated carbocycles. The molecule has 2 aromatic carbocycles. The first-order chi connectivity index (χ1) is 13.0. The Labute approximate surface area is 155 Å². The highest BCUT2D eigenvalue weighted by molar-refractivity contribution is 7.11. The molecule has 0 amide bonds. The lowest BCUT2D eigenvalue weighted by Crippen LogP contribution is -1.95. The van der Waals surface area contributed by atoms with Crippen LogP contribution in [-0.2, 0) is 0 Å². The lowest BCUT2D eigenvalue weighted by molar-refractivity contribution is 0.0697. The molecule has 0 atom stereocenters. The molecule has 0 saturated heterocycles. The van der Waals surface area contributed by atoms with Gasteiger partial charge in [-0.1, -0.05) is 12.1 Å². The average molecular weight is 383 g/mol. The highest BCUT2D eigenvalue weighted by atomic mass is 32.1. The number of aromatic nitrogens is 1. The Morgan fingerprint density at radius 1 is 1.22 bits per heavy atom. The number of carboxylic acids is 1. The van der Waals surface area contributed by atoms with Gasteiger partial charge in [0.2, 0.25) is 0 Å². The monoisotopic (exact) mass is 383 g/mol. The predicted octanol–water partition coefficient (Wildman–Crippen LogP) is 5.15. The molecular formula is C18H9F2N4O2S-. The fourth-order valence-electron chi connectivity index (χ4n) is 2.16. The van der Waals surface area contributed by atoms with E-state index in [0.717, 1.165) is 29.5 Å². The summed E-state index contributed by atoms with van der Waals surface area (Å²) >= 11 is 1.01. The van der Waals surface area contributed by atoms with Crippen LogP contribution >= 0.6 is 11.3 Å². The van der Waals surface area contributed by atoms with Gasteiger partial charge in [0.15, 0.2) is 5.01 Å². The maximum absolute atomic E-state index is 13.9. The SMILES string of the molecule is [N-]=C=C(N=Nc1ccccc1C(=O)O)c1nc(-c2cc(F)ccc2F)cs1. The van der Waals surface area contributed by atoms with Gasteiger partial charge in [0, 0.05) is 10.9 Å². The molecule has 0 fully saturated rings. The van der Waals surface area contributed by atoms with Crippen molar-refractivity contribution in [3.8, 4) is 11.3 Å². The molecule has 3 aromatic rings. The number of thiazole rings is 1. The average Bonchev–Trinajstić information content (AvgIpc) is 3.14. The zero-order chi connectivity index (χ0) is 19.4. The van der Waals surface area contributed by atoms with Gasteiger partial charge < -0.3 is 10.5 Å². The maximum atomic E-state index is 13.9. The summed E-state index contributed by atoms with van der Waals surface area (Å²) < 4.78 is 27.2. The van der Waals surface area contributed by atoms with Crippen LogP contribution in [0.1, 0.15) is 15.4 Å². The minimum Gasteiger partial charge on any atom is -0.761 e. The van der Waals surface area contributed by atoms with Gasteiger partial charge >= 0.3 is 5.97 Å². The van der Waals surface area contributed by atoms with Gasteiger partial charge in [-0.3, -0.25) is 0 Å². The van der Waals surface area contributed by atoms with Gasteiger partial charge in [-0.15, -0.1) is 21.6 Å². The summed E-state index contributed by atoms with van der Waals surface area (Å²) in [6, 6.07) is 8.91. The van der Waals surface area contributed by atoms with Crippen LogP contribution in [0.2, 0.25) is 0 Å². The minimum absolute atomic E-state index is 0.0389. The number of azo groups is 1. The first-order valence-electron chi connectivity index (χ1n) is 7.42. The Kier molecular flexibility index (Phi) is 5.25. The van der Waals surface area contributed by atoms with Gasteiger partial charge in [0.05, 0.1) is 11.3 Å². The van der Waals surface area contributed by atoms with Crippen LogP contribution in [0.25, 0.3) is 22.4 Å². The van der Waals surface area contributed by atoms with Crippen molar-refractivity contribution >= 4 is 34.6 Å². The fraction of sp³-hybridized carbons (Fsp3) is 0. The van der Waals surface area contributed by atoms with Crippen molar-refractivity contribution in [1.82, 2.24) is 4.98 Å². The number of hydrogen-bond donors (Lipinski definition) is 1. The number of benzene rings is 2. The van der Waals surface area contributed by atoms with E-state index in [2.05, 4.69) is 15.2 Å². The second kappa shape index (κ2) is 7.77. The van der Waals surface area contributed by atoms with Crippen LogP contribution in [-0.4, -0.2) is 21.9 Å². The molecule has 0 bridgehead atoms. The van der Waals surface area contributed by atoms with Gasteiger partial charge in [0.1, 0.15) is 23.0 Å². The number of halogens is 2. The Morgan fingerprint density at radius 3 is 2.74 bits per heavy atom. The summed E-state index contributed by atoms with van der Waals surface area (Å²) in [6.45, 7) is 0. The van der Waals surface area contributed by atoms with Gasteiger partial charge in [-0.25, -0.2) is 24.4 Å². The van der Waals surface area contributed by atoms with Crippen molar-refractivity contribution in [3.05, 3.63) is 75.5 Å². The van der Waals surface area contributed by atoms with E-state index in [0.29, 0.717) is 0 Å². The van der Waals surface area contributed by atoms with Crippen molar-refractivity contribution in [3.63, 3.8) is 0 Å². The number of carbonyl (C=O) groups is 1. The molecular weight excluding hydrogens is 374 g/mol. The molecule has 1 heterocycles. The standard InChI is InChI=1S/C18H9F2N4O2S/c19-10-5-6-13(20)12(7-10)16-9-27-17(22-16)15(8-21)24-23-14-4-2-1-3-11(14)18(25)26/h1-7,9H,(H,25,26)/q-1. The van der Waals surface area contributed by atoms with E-state index in [-0.39, 0.29) is 33.2 Å². The summed E-state index contributed by atoms with van der Waals surface area (Å²) in [5.74, 6) is -0.627. The molecule has 3 rings (SSSR count). The van der Waals surface area contributed by atoms with Crippen molar-refractivity contribution in [1.29, 1.82) is 0 Å². The maximum Gasteiger partial charge on any atom is 0.337 e. The number of hydrogen-bond acceptors (Lipinski definition) is 5. The summed E-state index contributed by atoms with van der Waals surface area (Å²) in [4.78, 5) is 15.3. The van der Waals surface area contributed by atoms with Crippen LogP contribution < -0.4 is 0 Å². The lowest BCUT2D eigenvalue weighted by Gasteiger charge is -2.00. The van der Waals surface area contributed by atoms with Gasteiger partial charge in [-0.2, -0.15) is 0 Å². The lowest BCUT2D eigenvalue weighted by atomic mass is 10.1. The Bertz CT molecular complexity index is 1100. The third kappa shape index (κ3) is 4.00. The van der Waals surface area contributed by atoms with E-state index >= 15 is 0 Å². The van der Waals surface area contributed by atoms with E-state index in [9.17, 15) is 19.0 Å². The minimum atomic E-state index is -1.18. The third-order valence-corrected chi connectivity index (χ3v) is 4.26. The molecule has 9 heteroatoms. The van der Waals surface area contributed by atoms with Crippen molar-refractivity contribution in [2.45, 2.75) is 0 Å². The summed E-state index contributed by atoms with van der Waals surface area (Å²) in [5.41, 5.74) is -0.0574. The highest BCUT2D eigenvalue weighted by Crippen LogP contribution is 2.29. The van der Waals surface area contributed by atoms with E-state index in [4.69, 9.17) is 5.11 Å². The fourth-order valence-corrected chi connectivity index (χ4v) is 2.91. The Balaban J connectivity index is 1.92. The molecule has 1 aromatic heterocycles. The van der Waals surface area contributed by atoms with Crippen molar-refractivity contribution < 1.29 is 18.7 Å². The largest absolute Gasteiger partial charge is 0.761 e. The van der Waals surface area contributed by atoms with Crippen LogP contribution in [0.5, 0.6) is 0 Å². The molecule has 6 nitrogen and oxygen atoms in total. The third-order valence-electron chi connectivity index (χ3n) is 3.41. The molecule has 0 aliphatic heterocycles. The predicted molar refractivity (Wildman–Crippen MR) is 97.2 cm³/mol. The van der Waals surface area contributed by atoms with Crippen LogP contribution in [0, 0.1) is 11.6 Å². The van der Waals surface area contributed by atoms with E-state index in [1.165, 1.54) is 23.6 Å². The summed E-state index contributed by atoms with van der Waals surface area (Å²) in [5, 5.41) is 27.6. The van der Waals surface area contributed by atoms with E-state index < -0.39 is 17.6 Å². The summed E-state index contributed by atoms with van der Waals surface area (Å²) in [7, 11) is 0. The van der Waals surface area contributed by atoms with Crippen molar-refractivity contribution in [2.24, 2.45) is 10.2 Å². The van der Waals surface area contributed by atoms with Gasteiger partial charge in [0.25, 0.3) is 0 Å². The second-order valence-electron chi connectivity index (χ2n) is 5.14. The normalized spacial score (nSPS) is 10.7. The molecule has 0 radical (unpaired) electrons. The van der Waals surface area contributed by atoms with E-state index in [1.807, 2.05) is 5.87 Å². The number of nitrogens with zero attached hydrogens (tertiary/aromatic N) is 4. The molecule has 27 heavy (non-hydrogen) atoms. The first kappa shape index (κ1) is 18.2. The molecule has 0 aliphatic rings. The summed E-state index contributed by atoms with van der Waals surface area (Å²) in [6.07, 6.45) is 0. The van der Waals surface area contributed by atoms with Crippen LogP contribution in [0.15, 0.2) is 58.1 Å². The Morgan fingerprint density at radius 2 is 2.00 bits per heavy atom. The zero-order valence-electron chi connectivity index (χ0n) is 13.4. The van der Waals surface area contributed by atoms with Crippen LogP contribution in [0.3, 0.4) is 0 Å². The molecule has 0 aliphatic carbocycles. The van der Waals surface area contributed by atoms with Gasteiger partial charge in [-0.05, 0) is 30.3 Å². The highest BCUT2D eigenvalue weighted by Gasteiger charge is 2.13. The van der Waals surface area contributed by atoms with Crippen LogP contribution in [0.4, 0.5) is 14.5 Å². The number of aromatic carboxylic acids is 1. The van der Waals surface area contributed by atoms with Crippen molar-refractivity contribution in [2.75, 3.05) is 0 Å². The number of carboxylic acid groups (broad SMARTS) is 1. The molecule has 134 valence electrons. The molecule has 1 N–H and O–H groups in total. The quantitative estimate of drug-likeness (QED) is 0.487. The van der Waals surface area contributed by atoms with E-state index in [1.54, 1.807) is 6.07 Å². The zero-order valence-corrected chi connectivity index (χ0v) is 14.2. The number of rotatable bonds is 5. The first-order valence-corrected chi connectivity index (χ1v) is 8.30. The Hall–Kier alpha value is -3.55. The molecule has 0 unspecified atom stereocenters. The second-order valence-corrected chi connectivity index (χ2v) is 6.00. The molecule has 0 spiro atoms. The smallest absolute Gasteiger partial charge is 0.337 e.